The van der Waals surface area contributed by atoms with E-state index in [9.17, 15) is 0 Å². The minimum absolute atomic E-state index is 0.433. The summed E-state index contributed by atoms with van der Waals surface area (Å²) in [4.78, 5) is 1.96. The maximum Gasteiger partial charge on any atom is 0.155 e. The Bertz CT molecular complexity index is 569. The zero-order valence-electron chi connectivity index (χ0n) is 13.0. The van der Waals surface area contributed by atoms with Gasteiger partial charge in [-0.15, -0.1) is 5.10 Å². The van der Waals surface area contributed by atoms with E-state index in [1.807, 2.05) is 48.3 Å². The maximum absolute atomic E-state index is 5.38. The highest BCUT2D eigenvalue weighted by atomic mass is 16.5. The molecule has 1 aromatic heterocycles. The Morgan fingerprint density at radius 1 is 1.14 bits per heavy atom. The Balaban J connectivity index is 2.14. The van der Waals surface area contributed by atoms with Crippen LogP contribution in [0, 0.1) is 0 Å². The molecule has 112 valence electrons. The first-order chi connectivity index (χ1) is 10.1. The molecule has 0 aliphatic heterocycles. The molecule has 1 heterocycles. The number of rotatable bonds is 6. The molecular formula is C16H22N4O. The third kappa shape index (κ3) is 3.92. The smallest absolute Gasteiger partial charge is 0.155 e. The van der Waals surface area contributed by atoms with Gasteiger partial charge in [0, 0.05) is 19.6 Å². The molecule has 5 heteroatoms. The lowest BCUT2D eigenvalue weighted by Crippen LogP contribution is -2.22. The summed E-state index contributed by atoms with van der Waals surface area (Å²) in [6.07, 6.45) is 0. The van der Waals surface area contributed by atoms with Gasteiger partial charge in [-0.2, -0.15) is 5.10 Å². The number of ether oxygens (including phenoxy) is 1. The van der Waals surface area contributed by atoms with Crippen molar-refractivity contribution < 1.29 is 4.74 Å². The lowest BCUT2D eigenvalue weighted by molar-refractivity contribution is 0.415. The summed E-state index contributed by atoms with van der Waals surface area (Å²) in [5, 5.41) is 11.9. The van der Waals surface area contributed by atoms with Gasteiger partial charge in [-0.05, 0) is 24.3 Å². The van der Waals surface area contributed by atoms with Gasteiger partial charge >= 0.3 is 0 Å². The monoisotopic (exact) mass is 286 g/mol. The normalized spacial score (nSPS) is 10.7. The highest BCUT2D eigenvalue weighted by Crippen LogP contribution is 2.30. The van der Waals surface area contributed by atoms with Crippen LogP contribution in [0.2, 0.25) is 0 Å². The predicted octanol–water partition coefficient (Wildman–Crippen LogP) is 2.75. The van der Waals surface area contributed by atoms with Crippen molar-refractivity contribution in [3.05, 3.63) is 42.1 Å². The molecule has 0 unspecified atom stereocenters. The molecule has 0 bridgehead atoms. The van der Waals surface area contributed by atoms with Crippen LogP contribution in [0.1, 0.15) is 19.5 Å². The third-order valence-corrected chi connectivity index (χ3v) is 3.19. The van der Waals surface area contributed by atoms with Crippen LogP contribution >= 0.6 is 0 Å². The molecule has 0 spiro atoms. The minimum Gasteiger partial charge on any atom is -0.495 e. The number of hydrogen-bond donors (Lipinski definition) is 1. The number of hydrogen-bond acceptors (Lipinski definition) is 5. The van der Waals surface area contributed by atoms with Crippen molar-refractivity contribution in [3.8, 4) is 5.75 Å². The Hall–Kier alpha value is -2.14. The molecular weight excluding hydrogens is 264 g/mol. The molecule has 0 saturated heterocycles. The Morgan fingerprint density at radius 3 is 2.52 bits per heavy atom. The van der Waals surface area contributed by atoms with Crippen LogP contribution in [0.5, 0.6) is 5.75 Å². The van der Waals surface area contributed by atoms with Crippen molar-refractivity contribution in [2.75, 3.05) is 19.1 Å². The number of aromatic nitrogens is 2. The number of anilines is 2. The molecule has 0 amide bonds. The summed E-state index contributed by atoms with van der Waals surface area (Å²) in [6, 6.07) is 12.2. The third-order valence-electron chi connectivity index (χ3n) is 3.19. The van der Waals surface area contributed by atoms with Gasteiger partial charge in [0.15, 0.2) is 5.82 Å². The number of methoxy groups -OCH3 is 1. The minimum atomic E-state index is 0.433. The van der Waals surface area contributed by atoms with Crippen LogP contribution in [-0.4, -0.2) is 30.4 Å². The molecule has 5 nitrogen and oxygen atoms in total. The summed E-state index contributed by atoms with van der Waals surface area (Å²) < 4.78 is 5.38. The largest absolute Gasteiger partial charge is 0.495 e. The van der Waals surface area contributed by atoms with Crippen LogP contribution in [0.25, 0.3) is 0 Å². The lowest BCUT2D eigenvalue weighted by atomic mass is 10.2. The maximum atomic E-state index is 5.38. The lowest BCUT2D eigenvalue weighted by Gasteiger charge is -2.20. The van der Waals surface area contributed by atoms with Gasteiger partial charge in [0.25, 0.3) is 0 Å². The van der Waals surface area contributed by atoms with Crippen LogP contribution in [0.4, 0.5) is 11.5 Å². The molecule has 0 atom stereocenters. The van der Waals surface area contributed by atoms with Crippen molar-refractivity contribution in [2.24, 2.45) is 0 Å². The van der Waals surface area contributed by atoms with Crippen molar-refractivity contribution in [1.82, 2.24) is 15.5 Å². The average molecular weight is 286 g/mol. The van der Waals surface area contributed by atoms with Crippen LogP contribution in [0.15, 0.2) is 36.4 Å². The van der Waals surface area contributed by atoms with Crippen LogP contribution < -0.4 is 15.0 Å². The van der Waals surface area contributed by atoms with Crippen molar-refractivity contribution >= 4 is 11.5 Å². The molecule has 0 radical (unpaired) electrons. The predicted molar refractivity (Wildman–Crippen MR) is 85.1 cm³/mol. The van der Waals surface area contributed by atoms with Gasteiger partial charge < -0.3 is 15.0 Å². The molecule has 1 N–H and O–H groups in total. The first kappa shape index (κ1) is 15.3. The second kappa shape index (κ2) is 7.04. The number of nitrogens with zero attached hydrogens (tertiary/aromatic N) is 3. The molecule has 0 aliphatic rings. The Kier molecular flexibility index (Phi) is 5.11. The summed E-state index contributed by atoms with van der Waals surface area (Å²) in [5.74, 6) is 1.60. The van der Waals surface area contributed by atoms with E-state index in [0.29, 0.717) is 6.04 Å². The van der Waals surface area contributed by atoms with E-state index in [2.05, 4.69) is 29.4 Å². The zero-order chi connectivity index (χ0) is 15.2. The van der Waals surface area contributed by atoms with E-state index in [0.717, 1.165) is 29.5 Å². The second-order valence-corrected chi connectivity index (χ2v) is 5.15. The van der Waals surface area contributed by atoms with E-state index in [4.69, 9.17) is 4.74 Å². The number of para-hydroxylation sites is 2. The summed E-state index contributed by atoms with van der Waals surface area (Å²) in [5.41, 5.74) is 1.89. The van der Waals surface area contributed by atoms with E-state index >= 15 is 0 Å². The molecule has 0 fully saturated rings. The highest BCUT2D eigenvalue weighted by molar-refractivity contribution is 5.66. The van der Waals surface area contributed by atoms with E-state index in [-0.39, 0.29) is 0 Å². The fraction of sp³-hybridized carbons (Fsp3) is 0.375. The highest BCUT2D eigenvalue weighted by Gasteiger charge is 2.11. The van der Waals surface area contributed by atoms with Crippen molar-refractivity contribution in [2.45, 2.75) is 26.4 Å². The van der Waals surface area contributed by atoms with E-state index in [1.54, 1.807) is 7.11 Å². The topological polar surface area (TPSA) is 50.3 Å². The van der Waals surface area contributed by atoms with Gasteiger partial charge in [-0.25, -0.2) is 0 Å². The van der Waals surface area contributed by atoms with E-state index in [1.165, 1.54) is 0 Å². The first-order valence-electron chi connectivity index (χ1n) is 7.04. The van der Waals surface area contributed by atoms with Gasteiger partial charge in [0.05, 0.1) is 18.5 Å². The van der Waals surface area contributed by atoms with Gasteiger partial charge in [0.2, 0.25) is 0 Å². The number of nitrogens with one attached hydrogen (secondary N) is 1. The van der Waals surface area contributed by atoms with Crippen LogP contribution in [-0.2, 0) is 6.54 Å². The molecule has 0 saturated carbocycles. The molecule has 2 rings (SSSR count). The van der Waals surface area contributed by atoms with Gasteiger partial charge in [-0.3, -0.25) is 0 Å². The number of benzene rings is 1. The van der Waals surface area contributed by atoms with Crippen LogP contribution in [0.3, 0.4) is 0 Å². The van der Waals surface area contributed by atoms with Crippen molar-refractivity contribution in [3.63, 3.8) is 0 Å². The quantitative estimate of drug-likeness (QED) is 0.885. The molecule has 1 aromatic carbocycles. The van der Waals surface area contributed by atoms with Crippen molar-refractivity contribution in [1.29, 1.82) is 0 Å². The summed E-state index contributed by atoms with van der Waals surface area (Å²) in [7, 11) is 3.62. The molecule has 2 aromatic rings. The Labute approximate surface area is 126 Å². The van der Waals surface area contributed by atoms with Gasteiger partial charge in [-0.1, -0.05) is 26.0 Å². The van der Waals surface area contributed by atoms with Gasteiger partial charge in [0.1, 0.15) is 5.75 Å². The fourth-order valence-electron chi connectivity index (χ4n) is 1.96. The first-order valence-corrected chi connectivity index (χ1v) is 7.04. The van der Waals surface area contributed by atoms with E-state index < -0.39 is 0 Å². The summed E-state index contributed by atoms with van der Waals surface area (Å²) >= 11 is 0. The zero-order valence-corrected chi connectivity index (χ0v) is 13.0. The summed E-state index contributed by atoms with van der Waals surface area (Å²) in [6.45, 7) is 4.94. The fourth-order valence-corrected chi connectivity index (χ4v) is 1.96. The standard InChI is InChI=1S/C16H22N4O/c1-12(2)17-11-13-9-10-16(19-18-13)20(3)14-7-5-6-8-15(14)21-4/h5-10,12,17H,11H2,1-4H3. The second-order valence-electron chi connectivity index (χ2n) is 5.15. The SMILES string of the molecule is COc1ccccc1N(C)c1ccc(CNC(C)C)nn1. The average Bonchev–Trinajstić information content (AvgIpc) is 2.52. The molecule has 0 aliphatic carbocycles. The Morgan fingerprint density at radius 2 is 1.90 bits per heavy atom. The molecule has 21 heavy (non-hydrogen) atoms.